The second-order valence-corrected chi connectivity index (χ2v) is 6.06. The minimum atomic E-state index is -0.607. The molecule has 1 unspecified atom stereocenters. The summed E-state index contributed by atoms with van der Waals surface area (Å²) in [6, 6.07) is 7.45. The summed E-state index contributed by atoms with van der Waals surface area (Å²) in [5.74, 6) is 0.744. The van der Waals surface area contributed by atoms with Gasteiger partial charge in [0.1, 0.15) is 5.75 Å². The Morgan fingerprint density at radius 1 is 1.24 bits per heavy atom. The molecule has 4 heteroatoms. The lowest BCUT2D eigenvalue weighted by Gasteiger charge is -2.27. The normalized spacial score (nSPS) is 19.8. The Kier molecular flexibility index (Phi) is 6.03. The molecule has 4 nitrogen and oxygen atoms in total. The van der Waals surface area contributed by atoms with Crippen LogP contribution in [0, 0.1) is 0 Å². The molecule has 3 N–H and O–H groups in total. The maximum absolute atomic E-state index is 10.6. The lowest BCUT2D eigenvalue weighted by molar-refractivity contribution is 0.0223. The van der Waals surface area contributed by atoms with Crippen molar-refractivity contribution in [3.8, 4) is 5.75 Å². The molecule has 0 heterocycles. The molecule has 1 aromatic rings. The summed E-state index contributed by atoms with van der Waals surface area (Å²) < 4.78 is 5.16. The highest BCUT2D eigenvalue weighted by Gasteiger charge is 2.27. The van der Waals surface area contributed by atoms with Gasteiger partial charge < -0.3 is 20.3 Å². The average molecular weight is 293 g/mol. The molecule has 0 aromatic heterocycles. The fraction of sp³-hybridized carbons (Fsp3) is 0.647. The lowest BCUT2D eigenvalue weighted by atomic mass is 9.94. The molecule has 0 saturated heterocycles. The zero-order chi connectivity index (χ0) is 15.1. The van der Waals surface area contributed by atoms with Gasteiger partial charge in [-0.15, -0.1) is 0 Å². The summed E-state index contributed by atoms with van der Waals surface area (Å²) in [6.07, 6.45) is 5.75. The molecule has 2 rings (SSSR count). The van der Waals surface area contributed by atoms with Gasteiger partial charge in [-0.25, -0.2) is 0 Å². The van der Waals surface area contributed by atoms with E-state index in [0.717, 1.165) is 37.0 Å². The quantitative estimate of drug-likeness (QED) is 0.705. The average Bonchev–Trinajstić information content (AvgIpc) is 2.72. The maximum atomic E-state index is 10.6. The lowest BCUT2D eigenvalue weighted by Crippen LogP contribution is -2.41. The molecule has 1 fully saturated rings. The third kappa shape index (κ3) is 4.99. The number of nitrogens with one attached hydrogen (secondary N) is 1. The van der Waals surface area contributed by atoms with E-state index in [9.17, 15) is 10.2 Å². The molecule has 0 radical (unpaired) electrons. The van der Waals surface area contributed by atoms with Gasteiger partial charge in [-0.1, -0.05) is 37.8 Å². The second-order valence-electron chi connectivity index (χ2n) is 6.06. The molecular weight excluding hydrogens is 266 g/mol. The maximum Gasteiger partial charge on any atom is 0.119 e. The van der Waals surface area contributed by atoms with Crippen molar-refractivity contribution in [2.45, 2.75) is 50.2 Å². The van der Waals surface area contributed by atoms with Crippen molar-refractivity contribution in [1.82, 2.24) is 5.32 Å². The van der Waals surface area contributed by atoms with Crippen LogP contribution in [0.25, 0.3) is 0 Å². The molecule has 1 aliphatic carbocycles. The standard InChI is InChI=1S/C17H27NO3/c1-21-15-8-6-7-14(11-15)16(19)12-18-13-17(20)9-4-2-3-5-10-17/h6-8,11,16,18-20H,2-5,9-10,12-13H2,1H3. The minimum Gasteiger partial charge on any atom is -0.497 e. The van der Waals surface area contributed by atoms with E-state index in [-0.39, 0.29) is 0 Å². The molecular formula is C17H27NO3. The van der Waals surface area contributed by atoms with Gasteiger partial charge in [-0.05, 0) is 30.5 Å². The van der Waals surface area contributed by atoms with Gasteiger partial charge in [0.15, 0.2) is 0 Å². The largest absolute Gasteiger partial charge is 0.497 e. The van der Waals surface area contributed by atoms with Crippen molar-refractivity contribution in [3.63, 3.8) is 0 Å². The van der Waals surface area contributed by atoms with Crippen LogP contribution in [0.3, 0.4) is 0 Å². The predicted octanol–water partition coefficient (Wildman–Crippen LogP) is 2.40. The van der Waals surface area contributed by atoms with E-state index >= 15 is 0 Å². The van der Waals surface area contributed by atoms with Crippen LogP contribution in [0.1, 0.15) is 50.2 Å². The number of hydrogen-bond donors (Lipinski definition) is 3. The van der Waals surface area contributed by atoms with Crippen LogP contribution in [-0.2, 0) is 0 Å². The highest BCUT2D eigenvalue weighted by molar-refractivity contribution is 5.29. The number of ether oxygens (including phenoxy) is 1. The zero-order valence-electron chi connectivity index (χ0n) is 12.8. The number of benzene rings is 1. The van der Waals surface area contributed by atoms with Gasteiger partial charge in [0.2, 0.25) is 0 Å². The van der Waals surface area contributed by atoms with Crippen LogP contribution < -0.4 is 10.1 Å². The first-order valence-electron chi connectivity index (χ1n) is 7.88. The third-order valence-corrected chi connectivity index (χ3v) is 4.30. The van der Waals surface area contributed by atoms with Gasteiger partial charge in [0, 0.05) is 13.1 Å². The molecule has 1 saturated carbocycles. The molecule has 0 aliphatic heterocycles. The van der Waals surface area contributed by atoms with Gasteiger partial charge in [0.05, 0.1) is 18.8 Å². The topological polar surface area (TPSA) is 61.7 Å². The van der Waals surface area contributed by atoms with Gasteiger partial charge in [-0.2, -0.15) is 0 Å². The van der Waals surface area contributed by atoms with E-state index in [2.05, 4.69) is 5.32 Å². The molecule has 1 aromatic carbocycles. The van der Waals surface area contributed by atoms with E-state index < -0.39 is 11.7 Å². The van der Waals surface area contributed by atoms with Crippen LogP contribution in [0.5, 0.6) is 5.75 Å². The summed E-state index contributed by atoms with van der Waals surface area (Å²) in [6.45, 7) is 0.990. The van der Waals surface area contributed by atoms with Crippen LogP contribution >= 0.6 is 0 Å². The van der Waals surface area contributed by atoms with E-state index in [4.69, 9.17) is 4.74 Å². The summed E-state index contributed by atoms with van der Waals surface area (Å²) in [7, 11) is 1.62. The van der Waals surface area contributed by atoms with Gasteiger partial charge in [0.25, 0.3) is 0 Å². The minimum absolute atomic E-state index is 0.440. The summed E-state index contributed by atoms with van der Waals surface area (Å²) in [4.78, 5) is 0. The van der Waals surface area contributed by atoms with E-state index in [0.29, 0.717) is 13.1 Å². The molecule has 0 spiro atoms. The third-order valence-electron chi connectivity index (χ3n) is 4.30. The van der Waals surface area contributed by atoms with Crippen molar-refractivity contribution in [2.24, 2.45) is 0 Å². The monoisotopic (exact) mass is 293 g/mol. The number of rotatable bonds is 6. The second kappa shape index (κ2) is 7.78. The Balaban J connectivity index is 1.81. The first-order valence-corrected chi connectivity index (χ1v) is 7.88. The Morgan fingerprint density at radius 3 is 2.62 bits per heavy atom. The SMILES string of the molecule is COc1cccc(C(O)CNCC2(O)CCCCCC2)c1. The fourth-order valence-corrected chi connectivity index (χ4v) is 2.97. The van der Waals surface area contributed by atoms with Crippen molar-refractivity contribution in [1.29, 1.82) is 0 Å². The first-order chi connectivity index (χ1) is 10.1. The Bertz CT molecular complexity index is 428. The highest BCUT2D eigenvalue weighted by Crippen LogP contribution is 2.26. The summed E-state index contributed by atoms with van der Waals surface area (Å²) in [5, 5.41) is 24.0. The molecule has 1 atom stereocenters. The van der Waals surface area contributed by atoms with Crippen LogP contribution in [0.15, 0.2) is 24.3 Å². The number of methoxy groups -OCH3 is 1. The van der Waals surface area contributed by atoms with Gasteiger partial charge in [-0.3, -0.25) is 0 Å². The summed E-state index contributed by atoms with van der Waals surface area (Å²) in [5.41, 5.74) is 0.222. The molecule has 1 aliphatic rings. The van der Waals surface area contributed by atoms with Crippen LogP contribution in [-0.4, -0.2) is 36.0 Å². The Morgan fingerprint density at radius 2 is 1.95 bits per heavy atom. The molecule has 21 heavy (non-hydrogen) atoms. The smallest absolute Gasteiger partial charge is 0.119 e. The van der Waals surface area contributed by atoms with Crippen molar-refractivity contribution >= 4 is 0 Å². The summed E-state index contributed by atoms with van der Waals surface area (Å²) >= 11 is 0. The van der Waals surface area contributed by atoms with E-state index in [1.54, 1.807) is 7.11 Å². The van der Waals surface area contributed by atoms with E-state index in [1.165, 1.54) is 12.8 Å². The Hall–Kier alpha value is -1.10. The Labute approximate surface area is 127 Å². The molecule has 0 amide bonds. The number of aliphatic hydroxyl groups is 2. The molecule has 118 valence electrons. The van der Waals surface area contributed by atoms with Crippen molar-refractivity contribution < 1.29 is 14.9 Å². The number of hydrogen-bond acceptors (Lipinski definition) is 4. The molecule has 0 bridgehead atoms. The zero-order valence-corrected chi connectivity index (χ0v) is 12.8. The van der Waals surface area contributed by atoms with E-state index in [1.807, 2.05) is 24.3 Å². The van der Waals surface area contributed by atoms with Gasteiger partial charge >= 0.3 is 0 Å². The van der Waals surface area contributed by atoms with Crippen molar-refractivity contribution in [2.75, 3.05) is 20.2 Å². The van der Waals surface area contributed by atoms with Crippen LogP contribution in [0.2, 0.25) is 0 Å². The predicted molar refractivity (Wildman–Crippen MR) is 83.5 cm³/mol. The van der Waals surface area contributed by atoms with Crippen molar-refractivity contribution in [3.05, 3.63) is 29.8 Å². The fourth-order valence-electron chi connectivity index (χ4n) is 2.97. The number of aliphatic hydroxyl groups excluding tert-OH is 1. The van der Waals surface area contributed by atoms with Crippen LogP contribution in [0.4, 0.5) is 0 Å². The highest BCUT2D eigenvalue weighted by atomic mass is 16.5. The first kappa shape index (κ1) is 16.3.